The van der Waals surface area contributed by atoms with Crippen molar-refractivity contribution in [3.8, 4) is 17.3 Å². The average molecular weight is 325 g/mol. The van der Waals surface area contributed by atoms with Crippen molar-refractivity contribution >= 4 is 33.5 Å². The largest absolute Gasteiger partial charge is 0.252 e. The standard InChI is InChI=1S/C15H11N5S2/c1-10(14-17-6-7-21-14)19-20-15-18-13(9-22-15)12-4-2-11(8-16)3-5-12/h2-7,9H,1H3,(H,18,20)/b19-10+. The molecule has 0 aliphatic heterocycles. The fourth-order valence-electron chi connectivity index (χ4n) is 1.75. The fraction of sp³-hybridized carbons (Fsp3) is 0.0667. The Morgan fingerprint density at radius 2 is 2.09 bits per heavy atom. The topological polar surface area (TPSA) is 74.0 Å². The zero-order valence-corrected chi connectivity index (χ0v) is 13.3. The molecule has 1 aromatic carbocycles. The number of nitrogens with one attached hydrogen (secondary N) is 1. The van der Waals surface area contributed by atoms with Crippen LogP contribution in [0.3, 0.4) is 0 Å². The maximum absolute atomic E-state index is 8.81. The Morgan fingerprint density at radius 1 is 1.27 bits per heavy atom. The lowest BCUT2D eigenvalue weighted by atomic mass is 10.1. The summed E-state index contributed by atoms with van der Waals surface area (Å²) in [4.78, 5) is 8.69. The van der Waals surface area contributed by atoms with Crippen LogP contribution in [0.5, 0.6) is 0 Å². The summed E-state index contributed by atoms with van der Waals surface area (Å²) in [5.74, 6) is 0. The maximum atomic E-state index is 8.81. The Kier molecular flexibility index (Phi) is 4.23. The molecular formula is C15H11N5S2. The van der Waals surface area contributed by atoms with Crippen LogP contribution in [0, 0.1) is 11.3 Å². The average Bonchev–Trinajstić information content (AvgIpc) is 3.24. The Labute approximate surface area is 135 Å². The van der Waals surface area contributed by atoms with E-state index in [4.69, 9.17) is 5.26 Å². The van der Waals surface area contributed by atoms with E-state index in [-0.39, 0.29) is 0 Å². The third-order valence-electron chi connectivity index (χ3n) is 2.88. The molecule has 5 nitrogen and oxygen atoms in total. The van der Waals surface area contributed by atoms with Crippen molar-refractivity contribution in [1.29, 1.82) is 5.26 Å². The molecule has 0 amide bonds. The van der Waals surface area contributed by atoms with Crippen LogP contribution in [0.2, 0.25) is 0 Å². The lowest BCUT2D eigenvalue weighted by Crippen LogP contribution is -1.98. The highest BCUT2D eigenvalue weighted by molar-refractivity contribution is 7.14. The van der Waals surface area contributed by atoms with Gasteiger partial charge in [-0.05, 0) is 19.1 Å². The molecule has 1 N–H and O–H groups in total. The van der Waals surface area contributed by atoms with E-state index in [1.54, 1.807) is 29.7 Å². The summed E-state index contributed by atoms with van der Waals surface area (Å²) in [5, 5.41) is 18.6. The summed E-state index contributed by atoms with van der Waals surface area (Å²) in [6.07, 6.45) is 1.76. The molecule has 0 bridgehead atoms. The number of hydrazone groups is 1. The van der Waals surface area contributed by atoms with Gasteiger partial charge in [-0.3, -0.25) is 5.43 Å². The molecule has 0 saturated carbocycles. The van der Waals surface area contributed by atoms with Crippen molar-refractivity contribution < 1.29 is 0 Å². The van der Waals surface area contributed by atoms with Gasteiger partial charge in [0.15, 0.2) is 0 Å². The second-order valence-electron chi connectivity index (χ2n) is 4.37. The van der Waals surface area contributed by atoms with Gasteiger partial charge in [-0.2, -0.15) is 10.4 Å². The van der Waals surface area contributed by atoms with E-state index < -0.39 is 0 Å². The number of rotatable bonds is 4. The molecule has 3 aromatic rings. The van der Waals surface area contributed by atoms with Gasteiger partial charge in [0.1, 0.15) is 5.01 Å². The smallest absolute Gasteiger partial charge is 0.203 e. The highest BCUT2D eigenvalue weighted by Gasteiger charge is 2.05. The van der Waals surface area contributed by atoms with Crippen LogP contribution in [-0.2, 0) is 0 Å². The first-order chi connectivity index (χ1) is 10.8. The second-order valence-corrected chi connectivity index (χ2v) is 6.13. The molecule has 108 valence electrons. The lowest BCUT2D eigenvalue weighted by Gasteiger charge is -1.98. The first-order valence-electron chi connectivity index (χ1n) is 6.42. The Balaban J connectivity index is 1.73. The van der Waals surface area contributed by atoms with Crippen molar-refractivity contribution in [3.63, 3.8) is 0 Å². The van der Waals surface area contributed by atoms with E-state index >= 15 is 0 Å². The van der Waals surface area contributed by atoms with Gasteiger partial charge >= 0.3 is 0 Å². The molecular weight excluding hydrogens is 314 g/mol. The van der Waals surface area contributed by atoms with Gasteiger partial charge in [0.25, 0.3) is 0 Å². The number of benzene rings is 1. The second kappa shape index (κ2) is 6.47. The van der Waals surface area contributed by atoms with E-state index in [1.807, 2.05) is 29.8 Å². The number of hydrogen-bond donors (Lipinski definition) is 1. The van der Waals surface area contributed by atoms with Gasteiger partial charge in [-0.1, -0.05) is 12.1 Å². The van der Waals surface area contributed by atoms with Gasteiger partial charge in [0.05, 0.1) is 23.0 Å². The summed E-state index contributed by atoms with van der Waals surface area (Å²) in [6.45, 7) is 1.90. The zero-order valence-electron chi connectivity index (χ0n) is 11.6. The fourth-order valence-corrected chi connectivity index (χ4v) is 3.00. The van der Waals surface area contributed by atoms with E-state index in [1.165, 1.54) is 11.3 Å². The Bertz CT molecular complexity index is 826. The van der Waals surface area contributed by atoms with Crippen LogP contribution >= 0.6 is 22.7 Å². The van der Waals surface area contributed by atoms with Gasteiger partial charge < -0.3 is 0 Å². The van der Waals surface area contributed by atoms with Crippen LogP contribution in [0.4, 0.5) is 5.13 Å². The van der Waals surface area contributed by atoms with Crippen molar-refractivity contribution in [2.75, 3.05) is 5.43 Å². The van der Waals surface area contributed by atoms with Crippen LogP contribution in [0.25, 0.3) is 11.3 Å². The van der Waals surface area contributed by atoms with E-state index in [0.29, 0.717) is 5.56 Å². The van der Waals surface area contributed by atoms with E-state index in [2.05, 4.69) is 26.6 Å². The van der Waals surface area contributed by atoms with Gasteiger partial charge in [-0.15, -0.1) is 22.7 Å². The monoisotopic (exact) mass is 325 g/mol. The minimum atomic E-state index is 0.640. The summed E-state index contributed by atoms with van der Waals surface area (Å²) < 4.78 is 0. The highest BCUT2D eigenvalue weighted by atomic mass is 32.1. The number of aromatic nitrogens is 2. The van der Waals surface area contributed by atoms with E-state index in [9.17, 15) is 0 Å². The van der Waals surface area contributed by atoms with Crippen LogP contribution < -0.4 is 5.43 Å². The zero-order chi connectivity index (χ0) is 15.4. The van der Waals surface area contributed by atoms with Crippen molar-refractivity contribution in [2.45, 2.75) is 6.92 Å². The quantitative estimate of drug-likeness (QED) is 0.582. The van der Waals surface area contributed by atoms with Gasteiger partial charge in [0.2, 0.25) is 5.13 Å². The molecule has 22 heavy (non-hydrogen) atoms. The minimum absolute atomic E-state index is 0.640. The van der Waals surface area contributed by atoms with Crippen LogP contribution in [0.1, 0.15) is 17.5 Å². The summed E-state index contributed by atoms with van der Waals surface area (Å²) >= 11 is 3.03. The Hall–Kier alpha value is -2.56. The minimum Gasteiger partial charge on any atom is -0.252 e. The number of anilines is 1. The van der Waals surface area contributed by atoms with E-state index in [0.717, 1.165) is 27.1 Å². The summed E-state index contributed by atoms with van der Waals surface area (Å²) in [6, 6.07) is 9.45. The van der Waals surface area contributed by atoms with Crippen LogP contribution in [0.15, 0.2) is 46.3 Å². The predicted octanol–water partition coefficient (Wildman–Crippen LogP) is 3.97. The summed E-state index contributed by atoms with van der Waals surface area (Å²) in [5.41, 5.74) is 6.26. The number of nitrogens with zero attached hydrogens (tertiary/aromatic N) is 4. The summed E-state index contributed by atoms with van der Waals surface area (Å²) in [7, 11) is 0. The molecule has 2 heterocycles. The van der Waals surface area contributed by atoms with Crippen molar-refractivity contribution in [3.05, 3.63) is 51.8 Å². The number of nitriles is 1. The Morgan fingerprint density at radius 3 is 2.77 bits per heavy atom. The number of thiazole rings is 2. The maximum Gasteiger partial charge on any atom is 0.203 e. The third kappa shape index (κ3) is 3.19. The molecule has 0 aliphatic carbocycles. The van der Waals surface area contributed by atoms with Crippen molar-refractivity contribution in [2.24, 2.45) is 5.10 Å². The third-order valence-corrected chi connectivity index (χ3v) is 4.50. The van der Waals surface area contributed by atoms with Gasteiger partial charge in [-0.25, -0.2) is 9.97 Å². The molecule has 0 aliphatic rings. The first kappa shape index (κ1) is 14.4. The molecule has 0 unspecified atom stereocenters. The molecule has 7 heteroatoms. The molecule has 0 fully saturated rings. The number of hydrogen-bond acceptors (Lipinski definition) is 7. The normalized spacial score (nSPS) is 11.2. The van der Waals surface area contributed by atoms with Gasteiger partial charge in [0, 0.05) is 22.5 Å². The molecule has 3 rings (SSSR count). The molecule has 0 saturated heterocycles. The molecule has 0 radical (unpaired) electrons. The van der Waals surface area contributed by atoms with Crippen molar-refractivity contribution in [1.82, 2.24) is 9.97 Å². The first-order valence-corrected chi connectivity index (χ1v) is 8.18. The molecule has 0 atom stereocenters. The SMILES string of the molecule is C/C(=N\Nc1nc(-c2ccc(C#N)cc2)cs1)c1nccs1. The molecule has 2 aromatic heterocycles. The van der Waals surface area contributed by atoms with Crippen LogP contribution in [-0.4, -0.2) is 15.7 Å². The molecule has 0 spiro atoms. The highest BCUT2D eigenvalue weighted by Crippen LogP contribution is 2.25. The lowest BCUT2D eigenvalue weighted by molar-refractivity contribution is 1.26. The predicted molar refractivity (Wildman–Crippen MR) is 90.2 cm³/mol.